The van der Waals surface area contributed by atoms with Gasteiger partial charge in [-0.05, 0) is 12.1 Å². The number of pyridine rings is 1. The van der Waals surface area contributed by atoms with E-state index < -0.39 is 0 Å². The van der Waals surface area contributed by atoms with E-state index in [2.05, 4.69) is 15.4 Å². The zero-order valence-electron chi connectivity index (χ0n) is 7.04. The van der Waals surface area contributed by atoms with Gasteiger partial charge in [0.1, 0.15) is 10.5 Å². The Balaban J connectivity index is 2.24. The quantitative estimate of drug-likeness (QED) is 0.609. The van der Waals surface area contributed by atoms with Gasteiger partial charge in [0.25, 0.3) is 0 Å². The van der Waals surface area contributed by atoms with E-state index >= 15 is 0 Å². The first-order chi connectivity index (χ1) is 6.93. The number of fused-ring (bicyclic) bond motifs is 1. The molecule has 68 valence electrons. The molecule has 3 rings (SSSR count). The third kappa shape index (κ3) is 1.10. The molecular formula is C9H5N3OS. The zero-order valence-corrected chi connectivity index (χ0v) is 7.86. The summed E-state index contributed by atoms with van der Waals surface area (Å²) in [5, 5.41) is 8.40. The topological polar surface area (TPSA) is 51.8 Å². The molecule has 0 aliphatic rings. The minimum Gasteiger partial charge on any atom is -0.345 e. The first-order valence-corrected chi connectivity index (χ1v) is 4.87. The van der Waals surface area contributed by atoms with Crippen molar-refractivity contribution < 1.29 is 4.52 Å². The molecule has 3 heterocycles. The molecule has 0 fully saturated rings. The van der Waals surface area contributed by atoms with Crippen LogP contribution in [-0.2, 0) is 0 Å². The van der Waals surface area contributed by atoms with Crippen LogP contribution in [0.25, 0.3) is 20.8 Å². The number of thiophene rings is 1. The van der Waals surface area contributed by atoms with Crippen LogP contribution in [0.3, 0.4) is 0 Å². The maximum Gasteiger partial charge on any atom is 0.153 e. The van der Waals surface area contributed by atoms with Crippen molar-refractivity contribution in [3.05, 3.63) is 30.7 Å². The molecule has 0 atom stereocenters. The van der Waals surface area contributed by atoms with Gasteiger partial charge in [0, 0.05) is 16.9 Å². The predicted octanol–water partition coefficient (Wildman–Crippen LogP) is 2.35. The molecule has 0 aliphatic heterocycles. The maximum absolute atomic E-state index is 4.69. The fourth-order valence-corrected chi connectivity index (χ4v) is 2.22. The van der Waals surface area contributed by atoms with Gasteiger partial charge < -0.3 is 4.52 Å². The van der Waals surface area contributed by atoms with Crippen LogP contribution in [0, 0.1) is 0 Å². The Bertz CT molecular complexity index is 525. The molecule has 14 heavy (non-hydrogen) atoms. The van der Waals surface area contributed by atoms with Gasteiger partial charge in [0.15, 0.2) is 6.26 Å². The number of hydrogen-bond acceptors (Lipinski definition) is 5. The summed E-state index contributed by atoms with van der Waals surface area (Å²) >= 11 is 1.58. The largest absolute Gasteiger partial charge is 0.345 e. The second kappa shape index (κ2) is 2.88. The highest BCUT2D eigenvalue weighted by Crippen LogP contribution is 2.30. The van der Waals surface area contributed by atoms with Crippen molar-refractivity contribution in [2.45, 2.75) is 0 Å². The summed E-state index contributed by atoms with van der Waals surface area (Å²) in [6.45, 7) is 0. The van der Waals surface area contributed by atoms with E-state index in [4.69, 9.17) is 4.52 Å². The third-order valence-corrected chi connectivity index (χ3v) is 2.99. The Hall–Kier alpha value is -1.75. The van der Waals surface area contributed by atoms with Gasteiger partial charge in [-0.15, -0.1) is 16.4 Å². The smallest absolute Gasteiger partial charge is 0.153 e. The molecule has 0 amide bonds. The van der Waals surface area contributed by atoms with Crippen LogP contribution in [-0.4, -0.2) is 15.4 Å². The van der Waals surface area contributed by atoms with Gasteiger partial charge >= 0.3 is 0 Å². The fourth-order valence-electron chi connectivity index (χ4n) is 1.27. The Morgan fingerprint density at radius 1 is 1.36 bits per heavy atom. The van der Waals surface area contributed by atoms with Crippen LogP contribution >= 0.6 is 11.3 Å². The zero-order chi connectivity index (χ0) is 9.38. The molecule has 0 spiro atoms. The number of nitrogens with zero attached hydrogens (tertiary/aromatic N) is 3. The lowest BCUT2D eigenvalue weighted by Gasteiger charge is -1.81. The summed E-state index contributed by atoms with van der Waals surface area (Å²) in [6.07, 6.45) is 3.31. The summed E-state index contributed by atoms with van der Waals surface area (Å²) in [6, 6.07) is 5.97. The van der Waals surface area contributed by atoms with Crippen molar-refractivity contribution in [1.82, 2.24) is 15.4 Å². The predicted molar refractivity (Wildman–Crippen MR) is 52.9 cm³/mol. The molecule has 0 aromatic carbocycles. The Kier molecular flexibility index (Phi) is 1.57. The summed E-state index contributed by atoms with van der Waals surface area (Å²) < 4.78 is 4.69. The fraction of sp³-hybridized carbons (Fsp3) is 0. The standard InChI is InChI=1S/C9H5N3OS/c1-2-6-4-8(7-5-13-12-11-7)14-9(6)10-3-1/h1-5H. The molecule has 4 nitrogen and oxygen atoms in total. The molecule has 3 aromatic heterocycles. The third-order valence-electron chi connectivity index (χ3n) is 1.91. The minimum atomic E-state index is 0.757. The van der Waals surface area contributed by atoms with E-state index in [-0.39, 0.29) is 0 Å². The van der Waals surface area contributed by atoms with Crippen molar-refractivity contribution >= 4 is 21.6 Å². The van der Waals surface area contributed by atoms with E-state index in [9.17, 15) is 0 Å². The minimum absolute atomic E-state index is 0.757. The lowest BCUT2D eigenvalue weighted by molar-refractivity contribution is 0.393. The summed E-state index contributed by atoms with van der Waals surface area (Å²) in [4.78, 5) is 6.28. The average molecular weight is 203 g/mol. The number of hydrogen-bond donors (Lipinski definition) is 0. The van der Waals surface area contributed by atoms with E-state index in [1.807, 2.05) is 18.2 Å². The highest BCUT2D eigenvalue weighted by Gasteiger charge is 2.07. The van der Waals surface area contributed by atoms with E-state index in [0.717, 1.165) is 20.8 Å². The summed E-state index contributed by atoms with van der Waals surface area (Å²) in [5.74, 6) is 0. The van der Waals surface area contributed by atoms with Crippen molar-refractivity contribution in [2.75, 3.05) is 0 Å². The maximum atomic E-state index is 4.69. The second-order valence-corrected chi connectivity index (χ2v) is 3.83. The van der Waals surface area contributed by atoms with Gasteiger partial charge in [0.05, 0.1) is 4.88 Å². The molecule has 0 radical (unpaired) electrons. The average Bonchev–Trinajstić information content (AvgIpc) is 2.86. The lowest BCUT2D eigenvalue weighted by Crippen LogP contribution is -1.69. The van der Waals surface area contributed by atoms with Gasteiger partial charge in [0.2, 0.25) is 0 Å². The first kappa shape index (κ1) is 7.64. The lowest BCUT2D eigenvalue weighted by atomic mass is 10.3. The van der Waals surface area contributed by atoms with Gasteiger partial charge in [-0.1, -0.05) is 6.07 Å². The van der Waals surface area contributed by atoms with Gasteiger partial charge in [-0.2, -0.15) is 0 Å². The molecule has 0 saturated heterocycles. The molecule has 3 aromatic rings. The first-order valence-electron chi connectivity index (χ1n) is 4.05. The van der Waals surface area contributed by atoms with Gasteiger partial charge in [-0.25, -0.2) is 4.98 Å². The van der Waals surface area contributed by atoms with Crippen LogP contribution in [0.1, 0.15) is 0 Å². The summed E-state index contributed by atoms with van der Waals surface area (Å²) in [7, 11) is 0. The van der Waals surface area contributed by atoms with E-state index in [1.165, 1.54) is 6.26 Å². The van der Waals surface area contributed by atoms with Crippen LogP contribution in [0.5, 0.6) is 0 Å². The molecule has 5 heteroatoms. The normalized spacial score (nSPS) is 10.9. The van der Waals surface area contributed by atoms with Gasteiger partial charge in [-0.3, -0.25) is 0 Å². The molecule has 0 saturated carbocycles. The molecule has 0 aliphatic carbocycles. The number of aromatic nitrogens is 3. The van der Waals surface area contributed by atoms with E-state index in [0.29, 0.717) is 0 Å². The molecular weight excluding hydrogens is 198 g/mol. The van der Waals surface area contributed by atoms with Crippen molar-refractivity contribution in [2.24, 2.45) is 0 Å². The van der Waals surface area contributed by atoms with Crippen LogP contribution < -0.4 is 0 Å². The molecule has 0 unspecified atom stereocenters. The van der Waals surface area contributed by atoms with Crippen molar-refractivity contribution in [3.8, 4) is 10.6 Å². The Morgan fingerprint density at radius 2 is 2.36 bits per heavy atom. The van der Waals surface area contributed by atoms with Crippen molar-refractivity contribution in [3.63, 3.8) is 0 Å². The van der Waals surface area contributed by atoms with E-state index in [1.54, 1.807) is 17.5 Å². The summed E-state index contributed by atoms with van der Waals surface area (Å²) in [5.41, 5.74) is 0.757. The highest BCUT2D eigenvalue weighted by molar-refractivity contribution is 7.21. The monoisotopic (exact) mass is 203 g/mol. The molecule has 0 bridgehead atoms. The highest BCUT2D eigenvalue weighted by atomic mass is 32.1. The SMILES string of the molecule is c1cnc2sc(-c3conn3)cc2c1. The Morgan fingerprint density at radius 3 is 3.14 bits per heavy atom. The second-order valence-electron chi connectivity index (χ2n) is 2.80. The van der Waals surface area contributed by atoms with Crippen LogP contribution in [0.15, 0.2) is 35.2 Å². The van der Waals surface area contributed by atoms with Crippen LogP contribution in [0.4, 0.5) is 0 Å². The van der Waals surface area contributed by atoms with Crippen LogP contribution in [0.2, 0.25) is 0 Å². The number of rotatable bonds is 1. The van der Waals surface area contributed by atoms with Crippen molar-refractivity contribution in [1.29, 1.82) is 0 Å². The molecule has 0 N–H and O–H groups in total. The Labute approximate surface area is 83.2 Å².